The number of nitrogens with zero attached hydrogens (tertiary/aromatic N) is 2. The number of carbonyl (C=O) groups excluding carboxylic acids is 2. The fourth-order valence-corrected chi connectivity index (χ4v) is 4.03. The third kappa shape index (κ3) is 3.94. The summed E-state index contributed by atoms with van der Waals surface area (Å²) in [6.07, 6.45) is 8.18. The van der Waals surface area contributed by atoms with Crippen molar-refractivity contribution in [3.8, 4) is 0 Å². The number of rotatable bonds is 4. The molecular formula is C21H28N2O2. The summed E-state index contributed by atoms with van der Waals surface area (Å²) in [6, 6.07) is 10.3. The summed E-state index contributed by atoms with van der Waals surface area (Å²) < 4.78 is 0. The van der Waals surface area contributed by atoms with Gasteiger partial charge in [-0.15, -0.1) is 0 Å². The molecule has 4 nitrogen and oxygen atoms in total. The van der Waals surface area contributed by atoms with Gasteiger partial charge >= 0.3 is 0 Å². The number of allylic oxidation sites excluding steroid dienone is 1. The van der Waals surface area contributed by atoms with E-state index in [1.807, 2.05) is 34.9 Å². The van der Waals surface area contributed by atoms with Gasteiger partial charge in [0.2, 0.25) is 11.8 Å². The fraction of sp³-hybridized carbons (Fsp3) is 0.524. The van der Waals surface area contributed by atoms with Crippen molar-refractivity contribution in [2.24, 2.45) is 5.41 Å². The van der Waals surface area contributed by atoms with Gasteiger partial charge in [-0.3, -0.25) is 9.59 Å². The lowest BCUT2D eigenvalue weighted by molar-refractivity contribution is -0.148. The third-order valence-corrected chi connectivity index (χ3v) is 5.49. The van der Waals surface area contributed by atoms with Crippen LogP contribution >= 0.6 is 0 Å². The first-order valence-corrected chi connectivity index (χ1v) is 9.41. The van der Waals surface area contributed by atoms with Gasteiger partial charge in [0.1, 0.15) is 0 Å². The van der Waals surface area contributed by atoms with E-state index in [-0.39, 0.29) is 11.8 Å². The van der Waals surface area contributed by atoms with E-state index in [0.717, 1.165) is 38.8 Å². The highest BCUT2D eigenvalue weighted by Crippen LogP contribution is 2.37. The van der Waals surface area contributed by atoms with E-state index in [0.29, 0.717) is 19.5 Å². The molecule has 3 rings (SSSR count). The van der Waals surface area contributed by atoms with Crippen LogP contribution in [0.3, 0.4) is 0 Å². The molecule has 1 fully saturated rings. The second-order valence-electron chi connectivity index (χ2n) is 7.22. The highest BCUT2D eigenvalue weighted by Gasteiger charge is 2.44. The maximum Gasteiger partial charge on any atom is 0.231 e. The van der Waals surface area contributed by atoms with Crippen LogP contribution in [0.1, 0.15) is 38.2 Å². The van der Waals surface area contributed by atoms with Gasteiger partial charge in [0, 0.05) is 32.6 Å². The van der Waals surface area contributed by atoms with E-state index >= 15 is 0 Å². The van der Waals surface area contributed by atoms with Crippen molar-refractivity contribution in [1.82, 2.24) is 9.80 Å². The molecule has 0 bridgehead atoms. The largest absolute Gasteiger partial charge is 0.342 e. The molecular weight excluding hydrogens is 312 g/mol. The van der Waals surface area contributed by atoms with Crippen LogP contribution in [0.4, 0.5) is 0 Å². The lowest BCUT2D eigenvalue weighted by Crippen LogP contribution is -2.54. The number of amides is 2. The van der Waals surface area contributed by atoms with Crippen molar-refractivity contribution >= 4 is 11.8 Å². The number of hydrogen-bond acceptors (Lipinski definition) is 2. The number of likely N-dealkylation sites (tertiary alicyclic amines) is 1. The molecule has 1 saturated heterocycles. The van der Waals surface area contributed by atoms with Crippen molar-refractivity contribution in [3.05, 3.63) is 48.0 Å². The Bertz CT molecular complexity index is 641. The van der Waals surface area contributed by atoms with Crippen molar-refractivity contribution in [2.45, 2.75) is 39.0 Å². The quantitative estimate of drug-likeness (QED) is 0.791. The van der Waals surface area contributed by atoms with Crippen LogP contribution in [0.15, 0.2) is 42.5 Å². The van der Waals surface area contributed by atoms with Crippen LogP contribution in [-0.2, 0) is 16.0 Å². The second-order valence-corrected chi connectivity index (χ2v) is 7.22. The predicted octanol–water partition coefficient (Wildman–Crippen LogP) is 3.04. The normalized spacial score (nSPS) is 23.8. The minimum absolute atomic E-state index is 0.163. The predicted molar refractivity (Wildman–Crippen MR) is 99.0 cm³/mol. The van der Waals surface area contributed by atoms with Crippen LogP contribution < -0.4 is 0 Å². The summed E-state index contributed by atoms with van der Waals surface area (Å²) in [5, 5.41) is 0. The molecule has 0 aromatic heterocycles. The van der Waals surface area contributed by atoms with Gasteiger partial charge in [-0.05, 0) is 31.2 Å². The van der Waals surface area contributed by atoms with E-state index in [9.17, 15) is 9.59 Å². The van der Waals surface area contributed by atoms with Crippen LogP contribution in [0.25, 0.3) is 0 Å². The van der Waals surface area contributed by atoms with Crippen molar-refractivity contribution < 1.29 is 9.59 Å². The summed E-state index contributed by atoms with van der Waals surface area (Å²) in [6.45, 7) is 4.66. The monoisotopic (exact) mass is 340 g/mol. The number of piperidine rings is 1. The molecule has 0 aliphatic carbocycles. The SMILES string of the molecule is CCC(=O)N1CCCC2(CC=CCN(CCc3ccccc3)C2=O)C1. The summed E-state index contributed by atoms with van der Waals surface area (Å²) in [7, 11) is 0. The number of hydrogen-bond donors (Lipinski definition) is 0. The van der Waals surface area contributed by atoms with E-state index in [1.54, 1.807) is 0 Å². The average molecular weight is 340 g/mol. The molecule has 25 heavy (non-hydrogen) atoms. The zero-order valence-corrected chi connectivity index (χ0v) is 15.1. The van der Waals surface area contributed by atoms with Gasteiger partial charge in [-0.1, -0.05) is 49.4 Å². The molecule has 0 radical (unpaired) electrons. The minimum atomic E-state index is -0.424. The number of carbonyl (C=O) groups is 2. The Hall–Kier alpha value is -2.10. The molecule has 2 heterocycles. The minimum Gasteiger partial charge on any atom is -0.342 e. The molecule has 0 saturated carbocycles. The molecule has 1 atom stereocenters. The van der Waals surface area contributed by atoms with Gasteiger partial charge in [0.05, 0.1) is 5.41 Å². The molecule has 4 heteroatoms. The Morgan fingerprint density at radius 1 is 1.20 bits per heavy atom. The van der Waals surface area contributed by atoms with Gasteiger partial charge < -0.3 is 9.80 Å². The average Bonchev–Trinajstić information content (AvgIpc) is 2.80. The Morgan fingerprint density at radius 2 is 2.00 bits per heavy atom. The standard InChI is InChI=1S/C21H28N2O2/c1-2-19(24)23-15-8-13-21(17-23)12-6-7-14-22(20(21)25)16-11-18-9-4-3-5-10-18/h3-7,9-10H,2,8,11-17H2,1H3. The Balaban J connectivity index is 1.72. The zero-order chi connectivity index (χ0) is 17.7. The molecule has 2 aliphatic heterocycles. The third-order valence-electron chi connectivity index (χ3n) is 5.49. The molecule has 2 aliphatic rings. The topological polar surface area (TPSA) is 40.6 Å². The van der Waals surface area contributed by atoms with Gasteiger partial charge in [-0.25, -0.2) is 0 Å². The van der Waals surface area contributed by atoms with Crippen LogP contribution in [-0.4, -0.2) is 47.8 Å². The molecule has 1 spiro atoms. The fourth-order valence-electron chi connectivity index (χ4n) is 4.03. The highest BCUT2D eigenvalue weighted by molar-refractivity contribution is 5.85. The zero-order valence-electron chi connectivity index (χ0n) is 15.1. The molecule has 1 aromatic rings. The molecule has 1 unspecified atom stereocenters. The van der Waals surface area contributed by atoms with E-state index in [1.165, 1.54) is 5.56 Å². The molecule has 0 N–H and O–H groups in total. The van der Waals surface area contributed by atoms with Crippen molar-refractivity contribution in [2.75, 3.05) is 26.2 Å². The Labute approximate surface area is 150 Å². The van der Waals surface area contributed by atoms with E-state index in [2.05, 4.69) is 24.3 Å². The maximum atomic E-state index is 13.3. The summed E-state index contributed by atoms with van der Waals surface area (Å²) in [5.41, 5.74) is 0.830. The van der Waals surface area contributed by atoms with Crippen molar-refractivity contribution in [1.29, 1.82) is 0 Å². The first-order valence-electron chi connectivity index (χ1n) is 9.41. The van der Waals surface area contributed by atoms with Crippen LogP contribution in [0, 0.1) is 5.41 Å². The summed E-state index contributed by atoms with van der Waals surface area (Å²) in [5.74, 6) is 0.387. The maximum absolute atomic E-state index is 13.3. The molecule has 2 amide bonds. The lowest BCUT2D eigenvalue weighted by atomic mass is 9.76. The Kier molecular flexibility index (Phi) is 5.57. The molecule has 1 aromatic carbocycles. The molecule has 134 valence electrons. The van der Waals surface area contributed by atoms with E-state index in [4.69, 9.17) is 0 Å². The smallest absolute Gasteiger partial charge is 0.231 e. The van der Waals surface area contributed by atoms with Gasteiger partial charge in [0.15, 0.2) is 0 Å². The highest BCUT2D eigenvalue weighted by atomic mass is 16.2. The first-order chi connectivity index (χ1) is 12.1. The second kappa shape index (κ2) is 7.85. The lowest BCUT2D eigenvalue weighted by Gasteiger charge is -2.43. The van der Waals surface area contributed by atoms with E-state index < -0.39 is 5.41 Å². The van der Waals surface area contributed by atoms with Gasteiger partial charge in [-0.2, -0.15) is 0 Å². The number of benzene rings is 1. The van der Waals surface area contributed by atoms with Crippen molar-refractivity contribution in [3.63, 3.8) is 0 Å². The Morgan fingerprint density at radius 3 is 2.76 bits per heavy atom. The van der Waals surface area contributed by atoms with Crippen LogP contribution in [0.5, 0.6) is 0 Å². The first kappa shape index (κ1) is 17.7. The van der Waals surface area contributed by atoms with Gasteiger partial charge in [0.25, 0.3) is 0 Å². The summed E-state index contributed by atoms with van der Waals surface area (Å²) in [4.78, 5) is 29.4. The summed E-state index contributed by atoms with van der Waals surface area (Å²) >= 11 is 0. The van der Waals surface area contributed by atoms with Crippen LogP contribution in [0.2, 0.25) is 0 Å².